The third kappa shape index (κ3) is 4.72. The van der Waals surface area contributed by atoms with Gasteiger partial charge in [0.25, 0.3) is 11.8 Å². The number of carbonyl (C=O) groups is 2. The maximum absolute atomic E-state index is 13.0. The number of aryl methyl sites for hydroxylation is 1. The summed E-state index contributed by atoms with van der Waals surface area (Å²) in [4.78, 5) is 27.0. The molecule has 0 aliphatic carbocycles. The van der Waals surface area contributed by atoms with Gasteiger partial charge in [-0.25, -0.2) is 0 Å². The number of halogens is 1. The van der Waals surface area contributed by atoms with Gasteiger partial charge in [-0.2, -0.15) is 0 Å². The first kappa shape index (κ1) is 20.9. The molecule has 3 aromatic rings. The average Bonchev–Trinajstić information content (AvgIpc) is 3.43. The molecule has 0 bridgehead atoms. The molecule has 1 aromatic heterocycles. The highest BCUT2D eigenvalue weighted by atomic mass is 35.5. The average molecular weight is 440 g/mol. The summed E-state index contributed by atoms with van der Waals surface area (Å²) in [7, 11) is 0. The molecule has 1 aliphatic heterocycles. The third-order valence-electron chi connectivity index (χ3n) is 5.13. The molecule has 1 fully saturated rings. The van der Waals surface area contributed by atoms with Crippen molar-refractivity contribution >= 4 is 29.1 Å². The van der Waals surface area contributed by atoms with E-state index >= 15 is 0 Å². The van der Waals surface area contributed by atoms with Crippen molar-refractivity contribution in [3.63, 3.8) is 0 Å². The fraction of sp³-hybridized carbons (Fsp3) is 0.261. The van der Waals surface area contributed by atoms with Crippen molar-refractivity contribution in [1.82, 2.24) is 10.1 Å². The van der Waals surface area contributed by atoms with E-state index in [4.69, 9.17) is 20.9 Å². The van der Waals surface area contributed by atoms with Crippen LogP contribution in [0.4, 0.5) is 5.69 Å². The normalized spacial score (nSPS) is 13.3. The van der Waals surface area contributed by atoms with Gasteiger partial charge < -0.3 is 19.5 Å². The predicted octanol–water partition coefficient (Wildman–Crippen LogP) is 4.56. The summed E-state index contributed by atoms with van der Waals surface area (Å²) in [5, 5.41) is 7.34. The van der Waals surface area contributed by atoms with Crippen LogP contribution < -0.4 is 10.1 Å². The van der Waals surface area contributed by atoms with Crippen molar-refractivity contribution in [1.29, 1.82) is 0 Å². The fourth-order valence-corrected chi connectivity index (χ4v) is 3.76. The van der Waals surface area contributed by atoms with Gasteiger partial charge in [-0.1, -0.05) is 41.0 Å². The Labute approximate surface area is 184 Å². The van der Waals surface area contributed by atoms with Crippen molar-refractivity contribution < 1.29 is 18.8 Å². The topological polar surface area (TPSA) is 84.7 Å². The molecule has 2 heterocycles. The SMILES string of the molecule is Cc1onc(-c2ccccc2Cl)c1C(=O)Nc1cccc(OCC(=O)N2CCCC2)c1. The van der Waals surface area contributed by atoms with Crippen LogP contribution in [0.15, 0.2) is 53.1 Å². The first-order chi connectivity index (χ1) is 15.0. The van der Waals surface area contributed by atoms with Crippen LogP contribution in [-0.2, 0) is 4.79 Å². The summed E-state index contributed by atoms with van der Waals surface area (Å²) in [6.45, 7) is 3.21. The van der Waals surface area contributed by atoms with E-state index in [-0.39, 0.29) is 18.4 Å². The van der Waals surface area contributed by atoms with Gasteiger partial charge in [0.1, 0.15) is 22.8 Å². The highest BCUT2D eigenvalue weighted by Gasteiger charge is 2.23. The van der Waals surface area contributed by atoms with E-state index in [1.165, 1.54) is 0 Å². The number of rotatable bonds is 6. The van der Waals surface area contributed by atoms with Gasteiger partial charge in [-0.05, 0) is 38.0 Å². The molecule has 1 aliphatic rings. The zero-order chi connectivity index (χ0) is 21.8. The van der Waals surface area contributed by atoms with Crippen LogP contribution in [0.3, 0.4) is 0 Å². The molecule has 0 saturated carbocycles. The van der Waals surface area contributed by atoms with E-state index in [9.17, 15) is 9.59 Å². The summed E-state index contributed by atoms with van der Waals surface area (Å²) < 4.78 is 10.9. The Kier molecular flexibility index (Phi) is 6.23. The van der Waals surface area contributed by atoms with Crippen molar-refractivity contribution in [2.24, 2.45) is 0 Å². The smallest absolute Gasteiger partial charge is 0.261 e. The lowest BCUT2D eigenvalue weighted by Crippen LogP contribution is -2.32. The number of hydrogen-bond donors (Lipinski definition) is 1. The minimum atomic E-state index is -0.376. The summed E-state index contributed by atoms with van der Waals surface area (Å²) in [5.41, 5.74) is 1.83. The van der Waals surface area contributed by atoms with E-state index in [2.05, 4.69) is 10.5 Å². The predicted molar refractivity (Wildman–Crippen MR) is 117 cm³/mol. The van der Waals surface area contributed by atoms with Crippen LogP contribution in [0, 0.1) is 6.92 Å². The first-order valence-corrected chi connectivity index (χ1v) is 10.4. The molecular weight excluding hydrogens is 418 g/mol. The number of carbonyl (C=O) groups excluding carboxylic acids is 2. The van der Waals surface area contributed by atoms with Gasteiger partial charge in [-0.3, -0.25) is 9.59 Å². The lowest BCUT2D eigenvalue weighted by atomic mass is 10.1. The minimum Gasteiger partial charge on any atom is -0.484 e. The van der Waals surface area contributed by atoms with Crippen molar-refractivity contribution in [2.75, 3.05) is 25.0 Å². The highest BCUT2D eigenvalue weighted by molar-refractivity contribution is 6.33. The highest BCUT2D eigenvalue weighted by Crippen LogP contribution is 2.31. The Morgan fingerprint density at radius 1 is 1.16 bits per heavy atom. The van der Waals surface area contributed by atoms with E-state index in [1.54, 1.807) is 54.3 Å². The summed E-state index contributed by atoms with van der Waals surface area (Å²) in [6.07, 6.45) is 2.07. The molecule has 31 heavy (non-hydrogen) atoms. The second kappa shape index (κ2) is 9.22. The Morgan fingerprint density at radius 3 is 2.71 bits per heavy atom. The molecule has 2 amide bonds. The third-order valence-corrected chi connectivity index (χ3v) is 5.46. The standard InChI is InChI=1S/C23H22ClN3O4/c1-15-21(22(26-31-15)18-9-2-3-10-19(18)24)23(29)25-16-7-6-8-17(13-16)30-14-20(28)27-11-4-5-12-27/h2-3,6-10,13H,4-5,11-12,14H2,1H3,(H,25,29). The molecule has 1 N–H and O–H groups in total. The van der Waals surface area contributed by atoms with Crippen molar-refractivity contribution in [2.45, 2.75) is 19.8 Å². The van der Waals surface area contributed by atoms with Gasteiger partial charge in [-0.15, -0.1) is 0 Å². The molecule has 1 saturated heterocycles. The van der Waals surface area contributed by atoms with Crippen LogP contribution in [-0.4, -0.2) is 41.6 Å². The van der Waals surface area contributed by atoms with Crippen molar-refractivity contribution in [3.05, 3.63) is 64.9 Å². The number of likely N-dealkylation sites (tertiary alicyclic amines) is 1. The van der Waals surface area contributed by atoms with Gasteiger partial charge in [0.05, 0.1) is 5.02 Å². The molecule has 8 heteroatoms. The maximum Gasteiger partial charge on any atom is 0.261 e. The minimum absolute atomic E-state index is 0.0290. The summed E-state index contributed by atoms with van der Waals surface area (Å²) >= 11 is 6.27. The quantitative estimate of drug-likeness (QED) is 0.608. The van der Waals surface area contributed by atoms with Gasteiger partial charge >= 0.3 is 0 Å². The largest absolute Gasteiger partial charge is 0.484 e. The number of anilines is 1. The zero-order valence-corrected chi connectivity index (χ0v) is 17.8. The van der Waals surface area contributed by atoms with Crippen LogP contribution in [0.5, 0.6) is 5.75 Å². The number of nitrogens with zero attached hydrogens (tertiary/aromatic N) is 2. The number of hydrogen-bond acceptors (Lipinski definition) is 5. The molecule has 0 spiro atoms. The number of amides is 2. The van der Waals surface area contributed by atoms with E-state index in [0.717, 1.165) is 25.9 Å². The van der Waals surface area contributed by atoms with E-state index < -0.39 is 0 Å². The Morgan fingerprint density at radius 2 is 1.94 bits per heavy atom. The number of aromatic nitrogens is 1. The Balaban J connectivity index is 1.47. The van der Waals surface area contributed by atoms with Crippen LogP contribution in [0.1, 0.15) is 29.0 Å². The zero-order valence-electron chi connectivity index (χ0n) is 17.1. The molecule has 0 radical (unpaired) electrons. The van der Waals surface area contributed by atoms with Crippen LogP contribution >= 0.6 is 11.6 Å². The van der Waals surface area contributed by atoms with E-state index in [1.807, 2.05) is 6.07 Å². The Hall–Kier alpha value is -3.32. The molecule has 4 rings (SSSR count). The molecular formula is C23H22ClN3O4. The molecule has 0 atom stereocenters. The Bertz CT molecular complexity index is 1110. The number of nitrogens with one attached hydrogen (secondary N) is 1. The fourth-order valence-electron chi connectivity index (χ4n) is 3.54. The first-order valence-electron chi connectivity index (χ1n) is 10.1. The monoisotopic (exact) mass is 439 g/mol. The number of ether oxygens (including phenoxy) is 1. The molecule has 2 aromatic carbocycles. The van der Waals surface area contributed by atoms with E-state index in [0.29, 0.717) is 39.0 Å². The summed E-state index contributed by atoms with van der Waals surface area (Å²) in [6, 6.07) is 14.0. The van der Waals surface area contributed by atoms with Crippen LogP contribution in [0.2, 0.25) is 5.02 Å². The molecule has 160 valence electrons. The lowest BCUT2D eigenvalue weighted by Gasteiger charge is -2.15. The molecule has 0 unspecified atom stereocenters. The van der Waals surface area contributed by atoms with Crippen molar-refractivity contribution in [3.8, 4) is 17.0 Å². The number of benzene rings is 2. The van der Waals surface area contributed by atoms with Gasteiger partial charge in [0.15, 0.2) is 6.61 Å². The van der Waals surface area contributed by atoms with Gasteiger partial charge in [0.2, 0.25) is 0 Å². The maximum atomic E-state index is 13.0. The summed E-state index contributed by atoms with van der Waals surface area (Å²) in [5.74, 6) is 0.477. The second-order valence-corrected chi connectivity index (χ2v) is 7.71. The van der Waals surface area contributed by atoms with Gasteiger partial charge in [0, 0.05) is 30.4 Å². The van der Waals surface area contributed by atoms with Crippen LogP contribution in [0.25, 0.3) is 11.3 Å². The molecule has 7 nitrogen and oxygen atoms in total. The second-order valence-electron chi connectivity index (χ2n) is 7.30. The lowest BCUT2D eigenvalue weighted by molar-refractivity contribution is -0.132.